The molecule has 0 aliphatic heterocycles. The molecule has 0 bridgehead atoms. The predicted molar refractivity (Wildman–Crippen MR) is 108 cm³/mol. The number of nitrogens with zero attached hydrogens (tertiary/aromatic N) is 6. The van der Waals surface area contributed by atoms with Gasteiger partial charge in [-0.25, -0.2) is 0 Å². The lowest BCUT2D eigenvalue weighted by Crippen LogP contribution is -2.49. The van der Waals surface area contributed by atoms with Crippen molar-refractivity contribution in [1.29, 1.82) is 0 Å². The molecule has 0 N–H and O–H groups in total. The van der Waals surface area contributed by atoms with Crippen molar-refractivity contribution < 1.29 is 14.3 Å². The Bertz CT molecular complexity index is 784. The van der Waals surface area contributed by atoms with Gasteiger partial charge in [0.05, 0.1) is 0 Å². The second kappa shape index (κ2) is 8.33. The van der Waals surface area contributed by atoms with Gasteiger partial charge < -0.3 is 14.3 Å². The Balaban J connectivity index is 1.85. The number of rotatable bonds is 6. The highest BCUT2D eigenvalue weighted by molar-refractivity contribution is 9.11. The van der Waals surface area contributed by atoms with Crippen molar-refractivity contribution >= 4 is 103 Å². The summed E-state index contributed by atoms with van der Waals surface area (Å²) in [7, 11) is -1.30. The molecule has 16 heteroatoms. The van der Waals surface area contributed by atoms with Crippen molar-refractivity contribution in [2.45, 2.75) is 0 Å². The summed E-state index contributed by atoms with van der Waals surface area (Å²) in [6.45, 7) is 0. The fourth-order valence-electron chi connectivity index (χ4n) is 1.47. The second-order valence-corrected chi connectivity index (χ2v) is 8.97. The average molecular weight is 733 g/mol. The Morgan fingerprint density at radius 3 is 1.08 bits per heavy atom. The van der Waals surface area contributed by atoms with Gasteiger partial charge in [0.1, 0.15) is 27.6 Å². The number of aromatic nitrogens is 6. The lowest BCUT2D eigenvalue weighted by atomic mass is 10.3. The van der Waals surface area contributed by atoms with E-state index in [-0.39, 0.29) is 0 Å². The van der Waals surface area contributed by atoms with Crippen LogP contribution in [0.2, 0.25) is 0 Å². The van der Waals surface area contributed by atoms with Crippen molar-refractivity contribution in [1.82, 2.24) is 29.8 Å². The molecule has 9 nitrogen and oxygen atoms in total. The molecule has 0 saturated carbocycles. The monoisotopic (exact) mass is 728 g/mol. The van der Waals surface area contributed by atoms with E-state index in [0.29, 0.717) is 27.6 Å². The molecule has 0 aromatic carbocycles. The molecule has 0 aliphatic carbocycles. The fraction of sp³-hybridized carbons (Fsp3) is 0. The third-order valence-corrected chi connectivity index (χ3v) is 5.14. The molecule has 0 aliphatic rings. The Morgan fingerprint density at radius 2 is 0.880 bits per heavy atom. The van der Waals surface area contributed by atoms with Gasteiger partial charge in [-0.2, -0.15) is 0 Å². The summed E-state index contributed by atoms with van der Waals surface area (Å²) in [6.07, 6.45) is 0. The number of halogens is 6. The van der Waals surface area contributed by atoms with E-state index in [9.17, 15) is 0 Å². The molecule has 3 aromatic rings. The number of hydrogen-bond donors (Lipinski definition) is 0. The first-order valence-corrected chi connectivity index (χ1v) is 10.8. The van der Waals surface area contributed by atoms with Gasteiger partial charge >= 0.3 is 7.32 Å². The Morgan fingerprint density at radius 1 is 0.600 bits per heavy atom. The second-order valence-electron chi connectivity index (χ2n) is 4.09. The lowest BCUT2D eigenvalue weighted by molar-refractivity contribution is 0.0345. The van der Waals surface area contributed by atoms with E-state index < -0.39 is 7.32 Å². The smallest absolute Gasteiger partial charge is 0.379 e. The van der Waals surface area contributed by atoms with Crippen LogP contribution in [0.4, 0.5) is 0 Å². The van der Waals surface area contributed by atoms with E-state index in [4.69, 9.17) is 14.3 Å². The molecule has 0 unspecified atom stereocenters. The Kier molecular flexibility index (Phi) is 6.57. The molecule has 3 heterocycles. The van der Waals surface area contributed by atoms with Crippen LogP contribution in [-0.2, 0) is 0 Å². The molecule has 3 aromatic heterocycles. The maximum atomic E-state index is 5.59. The van der Waals surface area contributed by atoms with Crippen molar-refractivity contribution in [3.05, 3.63) is 45.8 Å². The summed E-state index contributed by atoms with van der Waals surface area (Å²) in [5.41, 5.74) is 0. The maximum absolute atomic E-state index is 5.59. The van der Waals surface area contributed by atoms with Gasteiger partial charge in [0, 0.05) is 18.2 Å². The van der Waals surface area contributed by atoms with E-state index in [2.05, 4.69) is 111 Å². The molecule has 0 amide bonds. The van der Waals surface area contributed by atoms with Crippen LogP contribution in [0.25, 0.3) is 0 Å². The molecular weight excluding hydrogens is 730 g/mol. The first-order valence-electron chi connectivity index (χ1n) is 6.06. The zero-order valence-electron chi connectivity index (χ0n) is 11.5. The summed E-state index contributed by atoms with van der Waals surface area (Å²) in [6, 6.07) is 5.08. The van der Waals surface area contributed by atoms with Gasteiger partial charge in [-0.3, -0.25) is 0 Å². The minimum atomic E-state index is -1.30. The highest BCUT2D eigenvalue weighted by atomic mass is 79.9. The lowest BCUT2D eigenvalue weighted by Gasteiger charge is -2.15. The van der Waals surface area contributed by atoms with E-state index in [1.165, 1.54) is 14.5 Å². The predicted octanol–water partition coefficient (Wildman–Crippen LogP) is 3.52. The minimum Gasteiger partial charge on any atom is -0.379 e. The Labute approximate surface area is 191 Å². The van der Waals surface area contributed by atoms with Crippen LogP contribution in [0.5, 0.6) is 0 Å². The zero-order valence-corrected chi connectivity index (χ0v) is 21.0. The minimum absolute atomic E-state index is 0.540. The molecule has 3 rings (SSSR count). The van der Waals surface area contributed by atoms with Gasteiger partial charge in [0.25, 0.3) is 0 Å². The third kappa shape index (κ3) is 5.03. The van der Waals surface area contributed by atoms with Crippen LogP contribution in [-0.4, -0.2) is 37.2 Å². The molecule has 0 atom stereocenters. The summed E-state index contributed by atoms with van der Waals surface area (Å²) < 4.78 is 20.1. The quantitative estimate of drug-likeness (QED) is 0.361. The summed E-state index contributed by atoms with van der Waals surface area (Å²) in [4.78, 5) is 3.52. The molecule has 0 saturated heterocycles. The van der Waals surface area contributed by atoms with Gasteiger partial charge in [-0.1, -0.05) is 0 Å². The van der Waals surface area contributed by atoms with Crippen LogP contribution in [0.15, 0.2) is 45.8 Å². The maximum Gasteiger partial charge on any atom is 0.929 e. The number of hydrogen-bond acceptors (Lipinski definition) is 6. The summed E-state index contributed by atoms with van der Waals surface area (Å²) in [5, 5.41) is 12.3. The molecule has 0 radical (unpaired) electrons. The van der Waals surface area contributed by atoms with Gasteiger partial charge in [-0.15, -0.1) is 29.8 Å². The van der Waals surface area contributed by atoms with E-state index >= 15 is 0 Å². The normalized spacial score (nSPS) is 10.8. The largest absolute Gasteiger partial charge is 0.929 e. The summed E-state index contributed by atoms with van der Waals surface area (Å²) in [5.74, 6) is 0. The van der Waals surface area contributed by atoms with E-state index in [1.807, 2.05) is 0 Å². The molecule has 0 spiro atoms. The first kappa shape index (κ1) is 19.7. The van der Waals surface area contributed by atoms with Gasteiger partial charge in [0.15, 0.2) is 0 Å². The van der Waals surface area contributed by atoms with Gasteiger partial charge in [-0.05, 0) is 95.6 Å². The first-order chi connectivity index (χ1) is 11.8. The van der Waals surface area contributed by atoms with Crippen LogP contribution in [0.1, 0.15) is 0 Å². The fourth-order valence-corrected chi connectivity index (χ4v) is 4.62. The molecular formula is C9H3BBr6N6O3. The molecule has 25 heavy (non-hydrogen) atoms. The zero-order chi connectivity index (χ0) is 18.1. The van der Waals surface area contributed by atoms with E-state index in [0.717, 1.165) is 0 Å². The Hall–Kier alpha value is -0.0251. The SMILES string of the molecule is Brc1cc(Br)n(OB(On2nc(Br)cc2Br)On2nc(Br)cc2Br)n1. The standard InChI is InChI=1S/C9H3BBr6N6O3/c11-4-1-7(14)20(17-4)23-10(24-21-8(15)2-5(12)18-21)25-22-9(16)3-6(13)19-22/h1-3H. The molecule has 132 valence electrons. The average Bonchev–Trinajstić information content (AvgIpc) is 3.10. The van der Waals surface area contributed by atoms with Crippen molar-refractivity contribution in [3.8, 4) is 0 Å². The third-order valence-electron chi connectivity index (χ3n) is 2.38. The van der Waals surface area contributed by atoms with Crippen LogP contribution >= 0.6 is 95.6 Å². The van der Waals surface area contributed by atoms with Crippen LogP contribution in [0, 0.1) is 0 Å². The van der Waals surface area contributed by atoms with Crippen LogP contribution in [0.3, 0.4) is 0 Å². The summed E-state index contributed by atoms with van der Waals surface area (Å²) >= 11 is 19.7. The van der Waals surface area contributed by atoms with Crippen LogP contribution < -0.4 is 14.3 Å². The van der Waals surface area contributed by atoms with E-state index in [1.54, 1.807) is 18.2 Å². The molecule has 0 fully saturated rings. The van der Waals surface area contributed by atoms with Crippen molar-refractivity contribution in [3.63, 3.8) is 0 Å². The van der Waals surface area contributed by atoms with Crippen molar-refractivity contribution in [2.75, 3.05) is 0 Å². The topological polar surface area (TPSA) is 81.1 Å². The van der Waals surface area contributed by atoms with Gasteiger partial charge in [0.2, 0.25) is 0 Å². The highest BCUT2D eigenvalue weighted by Crippen LogP contribution is 2.18. The highest BCUT2D eigenvalue weighted by Gasteiger charge is 2.36. The van der Waals surface area contributed by atoms with Crippen molar-refractivity contribution in [2.24, 2.45) is 0 Å².